The molecule has 4 heteroatoms. The zero-order valence-electron chi connectivity index (χ0n) is 11.7. The minimum atomic E-state index is -0.666. The molecule has 0 aliphatic rings. The van der Waals surface area contributed by atoms with Crippen molar-refractivity contribution in [2.24, 2.45) is 0 Å². The second kappa shape index (κ2) is 6.63. The fourth-order valence-electron chi connectivity index (χ4n) is 2.24. The second-order valence-electron chi connectivity index (χ2n) is 4.72. The van der Waals surface area contributed by atoms with E-state index < -0.39 is 11.6 Å². The molecule has 0 fully saturated rings. The maximum absolute atomic E-state index is 13.8. The first-order valence-electron chi connectivity index (χ1n) is 6.65. The van der Waals surface area contributed by atoms with Gasteiger partial charge in [0.2, 0.25) is 0 Å². The maximum Gasteiger partial charge on any atom is 0.131 e. The highest BCUT2D eigenvalue weighted by atomic mass is 19.1. The van der Waals surface area contributed by atoms with Crippen molar-refractivity contribution in [3.8, 4) is 6.07 Å². The van der Waals surface area contributed by atoms with Gasteiger partial charge in [-0.3, -0.25) is 0 Å². The molecule has 1 rings (SSSR count). The molecule has 0 atom stereocenters. The van der Waals surface area contributed by atoms with E-state index in [0.717, 1.165) is 31.4 Å². The van der Waals surface area contributed by atoms with Crippen LogP contribution in [0, 0.1) is 23.0 Å². The molecule has 1 aromatic rings. The van der Waals surface area contributed by atoms with Crippen LogP contribution in [0.2, 0.25) is 0 Å². The molecule has 0 spiro atoms. The predicted octanol–water partition coefficient (Wildman–Crippen LogP) is 3.89. The summed E-state index contributed by atoms with van der Waals surface area (Å²) in [6.07, 6.45) is 2.71. The zero-order chi connectivity index (χ0) is 14.5. The number of halogens is 2. The number of hydrogen-bond acceptors (Lipinski definition) is 2. The van der Waals surface area contributed by atoms with Gasteiger partial charge in [0.15, 0.2) is 0 Å². The van der Waals surface area contributed by atoms with Gasteiger partial charge in [0.05, 0.1) is 11.6 Å². The lowest BCUT2D eigenvalue weighted by atomic mass is 9.89. The minimum absolute atomic E-state index is 0.00118. The van der Waals surface area contributed by atoms with E-state index >= 15 is 0 Å². The molecular formula is C15H20F2N2. The highest BCUT2D eigenvalue weighted by molar-refractivity contribution is 5.34. The Kier molecular flexibility index (Phi) is 5.44. The molecule has 0 bridgehead atoms. The van der Waals surface area contributed by atoms with E-state index in [1.165, 1.54) is 0 Å². The Morgan fingerprint density at radius 2 is 1.58 bits per heavy atom. The van der Waals surface area contributed by atoms with E-state index in [-0.39, 0.29) is 23.2 Å². The molecule has 0 amide bonds. The molecule has 1 N–H and O–H groups in total. The van der Waals surface area contributed by atoms with E-state index in [1.807, 2.05) is 0 Å². The van der Waals surface area contributed by atoms with Crippen molar-refractivity contribution in [3.05, 3.63) is 34.9 Å². The Morgan fingerprint density at radius 3 is 1.95 bits per heavy atom. The fraction of sp³-hybridized carbons (Fsp3) is 0.533. The van der Waals surface area contributed by atoms with Crippen molar-refractivity contribution in [2.45, 2.75) is 52.1 Å². The van der Waals surface area contributed by atoms with Crippen molar-refractivity contribution < 1.29 is 8.78 Å². The van der Waals surface area contributed by atoms with Crippen LogP contribution in [0.1, 0.15) is 51.2 Å². The lowest BCUT2D eigenvalue weighted by Gasteiger charge is -2.32. The van der Waals surface area contributed by atoms with Crippen LogP contribution in [0.15, 0.2) is 12.1 Å². The molecule has 19 heavy (non-hydrogen) atoms. The van der Waals surface area contributed by atoms with Crippen molar-refractivity contribution in [2.75, 3.05) is 0 Å². The van der Waals surface area contributed by atoms with Crippen LogP contribution in [-0.2, 0) is 6.54 Å². The summed E-state index contributed by atoms with van der Waals surface area (Å²) >= 11 is 0. The number of nitriles is 1. The lowest BCUT2D eigenvalue weighted by Crippen LogP contribution is -2.43. The average molecular weight is 266 g/mol. The van der Waals surface area contributed by atoms with E-state index in [2.05, 4.69) is 26.1 Å². The van der Waals surface area contributed by atoms with Crippen molar-refractivity contribution in [1.82, 2.24) is 5.32 Å². The van der Waals surface area contributed by atoms with Crippen molar-refractivity contribution in [3.63, 3.8) is 0 Å². The Balaban J connectivity index is 2.92. The van der Waals surface area contributed by atoms with Gasteiger partial charge < -0.3 is 5.32 Å². The summed E-state index contributed by atoms with van der Waals surface area (Å²) < 4.78 is 27.5. The summed E-state index contributed by atoms with van der Waals surface area (Å²) in [6, 6.07) is 3.89. The highest BCUT2D eigenvalue weighted by Gasteiger charge is 2.24. The van der Waals surface area contributed by atoms with E-state index in [0.29, 0.717) is 0 Å². The largest absolute Gasteiger partial charge is 0.307 e. The Morgan fingerprint density at radius 1 is 1.11 bits per heavy atom. The molecule has 1 aromatic carbocycles. The molecule has 0 aliphatic carbocycles. The van der Waals surface area contributed by atoms with Crippen LogP contribution in [0.5, 0.6) is 0 Å². The summed E-state index contributed by atoms with van der Waals surface area (Å²) in [7, 11) is 0. The van der Waals surface area contributed by atoms with Crippen molar-refractivity contribution >= 4 is 0 Å². The smallest absolute Gasteiger partial charge is 0.131 e. The number of nitrogens with one attached hydrogen (secondary N) is 1. The first kappa shape index (κ1) is 15.6. The first-order chi connectivity index (χ1) is 9.01. The van der Waals surface area contributed by atoms with Crippen LogP contribution in [0.3, 0.4) is 0 Å². The first-order valence-corrected chi connectivity index (χ1v) is 6.65. The Hall–Kier alpha value is -1.47. The molecular weight excluding hydrogens is 246 g/mol. The fourth-order valence-corrected chi connectivity index (χ4v) is 2.24. The van der Waals surface area contributed by atoms with E-state index in [4.69, 9.17) is 5.26 Å². The van der Waals surface area contributed by atoms with Crippen LogP contribution in [-0.4, -0.2) is 5.54 Å². The van der Waals surface area contributed by atoms with Gasteiger partial charge in [0.1, 0.15) is 11.6 Å². The quantitative estimate of drug-likeness (QED) is 0.847. The molecule has 0 heterocycles. The minimum Gasteiger partial charge on any atom is -0.307 e. The SMILES string of the molecule is CCC(CC)(CC)NCc1c(F)cc(C#N)cc1F. The van der Waals surface area contributed by atoms with Gasteiger partial charge in [-0.2, -0.15) is 5.26 Å². The van der Waals surface area contributed by atoms with Crippen LogP contribution in [0.4, 0.5) is 8.78 Å². The zero-order valence-corrected chi connectivity index (χ0v) is 11.7. The molecule has 2 nitrogen and oxygen atoms in total. The molecule has 0 unspecified atom stereocenters. The molecule has 104 valence electrons. The van der Waals surface area contributed by atoms with Gasteiger partial charge >= 0.3 is 0 Å². The van der Waals surface area contributed by atoms with Crippen LogP contribution < -0.4 is 5.32 Å². The number of hydrogen-bond donors (Lipinski definition) is 1. The molecule has 0 saturated carbocycles. The van der Waals surface area contributed by atoms with Crippen molar-refractivity contribution in [1.29, 1.82) is 5.26 Å². The third-order valence-electron chi connectivity index (χ3n) is 3.94. The summed E-state index contributed by atoms with van der Waals surface area (Å²) in [5, 5.41) is 11.9. The summed E-state index contributed by atoms with van der Waals surface area (Å²) in [5.41, 5.74) is -0.0857. The molecule has 0 radical (unpaired) electrons. The molecule has 0 aromatic heterocycles. The van der Waals surface area contributed by atoms with Gasteiger partial charge in [-0.05, 0) is 31.4 Å². The Bertz CT molecular complexity index is 442. The van der Waals surface area contributed by atoms with E-state index in [9.17, 15) is 8.78 Å². The predicted molar refractivity (Wildman–Crippen MR) is 71.5 cm³/mol. The third-order valence-corrected chi connectivity index (χ3v) is 3.94. The molecule has 0 aliphatic heterocycles. The van der Waals surface area contributed by atoms with Crippen LogP contribution in [0.25, 0.3) is 0 Å². The highest BCUT2D eigenvalue weighted by Crippen LogP contribution is 2.22. The second-order valence-corrected chi connectivity index (χ2v) is 4.72. The third kappa shape index (κ3) is 3.51. The van der Waals surface area contributed by atoms with Crippen LogP contribution >= 0.6 is 0 Å². The summed E-state index contributed by atoms with van der Waals surface area (Å²) in [5.74, 6) is -1.33. The molecule has 0 saturated heterocycles. The van der Waals surface area contributed by atoms with Gasteiger partial charge in [0.25, 0.3) is 0 Å². The number of nitrogens with zero attached hydrogens (tertiary/aromatic N) is 1. The topological polar surface area (TPSA) is 35.8 Å². The normalized spacial score (nSPS) is 11.4. The van der Waals surface area contributed by atoms with Gasteiger partial charge in [-0.25, -0.2) is 8.78 Å². The number of benzene rings is 1. The summed E-state index contributed by atoms with van der Waals surface area (Å²) in [6.45, 7) is 6.32. The Labute approximate surface area is 113 Å². The monoisotopic (exact) mass is 266 g/mol. The standard InChI is InChI=1S/C15H20F2N2/c1-4-15(5-2,6-3)19-10-12-13(16)7-11(9-18)8-14(12)17/h7-8,19H,4-6,10H2,1-3H3. The van der Waals surface area contributed by atoms with Gasteiger partial charge in [0, 0.05) is 17.6 Å². The maximum atomic E-state index is 13.8. The van der Waals surface area contributed by atoms with E-state index in [1.54, 1.807) is 6.07 Å². The van der Waals surface area contributed by atoms with Gasteiger partial charge in [-0.1, -0.05) is 20.8 Å². The number of rotatable bonds is 6. The average Bonchev–Trinajstić information content (AvgIpc) is 2.42. The summed E-state index contributed by atoms with van der Waals surface area (Å²) in [4.78, 5) is 0. The van der Waals surface area contributed by atoms with Gasteiger partial charge in [-0.15, -0.1) is 0 Å². The lowest BCUT2D eigenvalue weighted by molar-refractivity contribution is 0.284.